The van der Waals surface area contributed by atoms with Gasteiger partial charge in [0.1, 0.15) is 5.01 Å². The van der Waals surface area contributed by atoms with Crippen LogP contribution < -0.4 is 0 Å². The summed E-state index contributed by atoms with van der Waals surface area (Å²) in [5, 5.41) is 15.3. The van der Waals surface area contributed by atoms with Crippen LogP contribution in [0.4, 0.5) is 0 Å². The molecule has 29 heavy (non-hydrogen) atoms. The highest BCUT2D eigenvalue weighted by atomic mass is 32.2. The van der Waals surface area contributed by atoms with Gasteiger partial charge in [-0.05, 0) is 31.4 Å². The fraction of sp³-hybridized carbons (Fsp3) is 0.318. The highest BCUT2D eigenvalue weighted by Gasteiger charge is 2.16. The second-order valence-electron chi connectivity index (χ2n) is 7.19. The second-order valence-corrected chi connectivity index (χ2v) is 9.93. The lowest BCUT2D eigenvalue weighted by molar-refractivity contribution is 0.687. The molecule has 0 N–H and O–H groups in total. The number of thiophene rings is 1. The first-order chi connectivity index (χ1) is 14.1. The Morgan fingerprint density at radius 1 is 1.10 bits per heavy atom. The first-order valence-corrected chi connectivity index (χ1v) is 12.5. The Bertz CT molecular complexity index is 1110. The SMILES string of the molecule is CCn1c(SCc2csc(-c3ccccc3C)n2)nnc1-c1csc(C(C)C)c1. The first kappa shape index (κ1) is 20.3. The van der Waals surface area contributed by atoms with Crippen molar-refractivity contribution in [3.63, 3.8) is 0 Å². The predicted octanol–water partition coefficient (Wildman–Crippen LogP) is 6.87. The average molecular weight is 441 g/mol. The van der Waals surface area contributed by atoms with Crippen LogP contribution in [0, 0.1) is 6.92 Å². The summed E-state index contributed by atoms with van der Waals surface area (Å²) in [4.78, 5) is 6.22. The smallest absolute Gasteiger partial charge is 0.191 e. The van der Waals surface area contributed by atoms with Crippen LogP contribution in [0.25, 0.3) is 22.0 Å². The average Bonchev–Trinajstić information content (AvgIpc) is 3.45. The highest BCUT2D eigenvalue weighted by Crippen LogP contribution is 2.33. The molecular formula is C22H24N4S3. The van der Waals surface area contributed by atoms with E-state index in [9.17, 15) is 0 Å². The number of aromatic nitrogens is 4. The number of rotatable bonds is 7. The molecule has 3 heterocycles. The van der Waals surface area contributed by atoms with Crippen molar-refractivity contribution < 1.29 is 0 Å². The lowest BCUT2D eigenvalue weighted by Gasteiger charge is -2.05. The zero-order valence-electron chi connectivity index (χ0n) is 17.0. The van der Waals surface area contributed by atoms with Crippen LogP contribution in [0.5, 0.6) is 0 Å². The Labute approximate surface area is 184 Å². The predicted molar refractivity (Wildman–Crippen MR) is 125 cm³/mol. The van der Waals surface area contributed by atoms with Crippen molar-refractivity contribution in [1.29, 1.82) is 0 Å². The maximum Gasteiger partial charge on any atom is 0.191 e. The van der Waals surface area contributed by atoms with Crippen LogP contribution in [-0.2, 0) is 12.3 Å². The number of nitrogens with zero attached hydrogens (tertiary/aromatic N) is 4. The van der Waals surface area contributed by atoms with Gasteiger partial charge >= 0.3 is 0 Å². The number of thiazole rings is 1. The summed E-state index contributed by atoms with van der Waals surface area (Å²) >= 11 is 5.20. The van der Waals surface area contributed by atoms with Gasteiger partial charge in [0.25, 0.3) is 0 Å². The highest BCUT2D eigenvalue weighted by molar-refractivity contribution is 7.98. The zero-order valence-corrected chi connectivity index (χ0v) is 19.5. The molecule has 4 rings (SSSR count). The Hall–Kier alpha value is -1.96. The molecule has 4 nitrogen and oxygen atoms in total. The van der Waals surface area contributed by atoms with E-state index in [-0.39, 0.29) is 0 Å². The maximum atomic E-state index is 4.84. The van der Waals surface area contributed by atoms with Crippen LogP contribution in [0.2, 0.25) is 0 Å². The number of hydrogen-bond acceptors (Lipinski definition) is 6. The minimum absolute atomic E-state index is 0.535. The minimum Gasteiger partial charge on any atom is -0.302 e. The van der Waals surface area contributed by atoms with E-state index < -0.39 is 0 Å². The molecule has 0 aliphatic heterocycles. The third-order valence-corrected chi connectivity index (χ3v) is 7.91. The molecule has 0 saturated heterocycles. The van der Waals surface area contributed by atoms with Crippen LogP contribution in [0.3, 0.4) is 0 Å². The fourth-order valence-corrected chi connectivity index (χ4v) is 5.93. The van der Waals surface area contributed by atoms with Crippen molar-refractivity contribution in [2.75, 3.05) is 0 Å². The summed E-state index contributed by atoms with van der Waals surface area (Å²) in [5.41, 5.74) is 4.72. The van der Waals surface area contributed by atoms with Crippen LogP contribution in [0.15, 0.2) is 46.2 Å². The van der Waals surface area contributed by atoms with E-state index in [0.717, 1.165) is 39.5 Å². The quantitative estimate of drug-likeness (QED) is 0.294. The molecule has 3 aromatic heterocycles. The number of thioether (sulfide) groups is 1. The minimum atomic E-state index is 0.535. The molecule has 0 atom stereocenters. The number of benzene rings is 1. The maximum absolute atomic E-state index is 4.84. The molecule has 0 unspecified atom stereocenters. The molecule has 0 aliphatic carbocycles. The number of aryl methyl sites for hydroxylation is 1. The van der Waals surface area contributed by atoms with Crippen molar-refractivity contribution in [2.45, 2.75) is 51.1 Å². The molecule has 0 spiro atoms. The summed E-state index contributed by atoms with van der Waals surface area (Å²) in [5.74, 6) is 2.28. The largest absolute Gasteiger partial charge is 0.302 e. The second kappa shape index (κ2) is 8.81. The van der Waals surface area contributed by atoms with Crippen molar-refractivity contribution in [3.8, 4) is 22.0 Å². The lowest BCUT2D eigenvalue weighted by Crippen LogP contribution is -1.99. The standard InChI is InChI=1S/C22H24N4S3/c1-5-26-20(16-10-19(14(2)3)27-11-16)24-25-22(26)29-13-17-12-28-21(23-17)18-9-7-6-8-15(18)4/h6-12,14H,5,13H2,1-4H3. The fourth-order valence-electron chi connectivity index (χ4n) is 3.12. The third kappa shape index (κ3) is 4.32. The van der Waals surface area contributed by atoms with E-state index in [2.05, 4.69) is 83.6 Å². The Kier molecular flexibility index (Phi) is 6.18. The Morgan fingerprint density at radius 3 is 2.66 bits per heavy atom. The molecule has 0 fully saturated rings. The van der Waals surface area contributed by atoms with E-state index in [1.165, 1.54) is 16.0 Å². The number of hydrogen-bond donors (Lipinski definition) is 0. The van der Waals surface area contributed by atoms with Crippen LogP contribution >= 0.6 is 34.4 Å². The van der Waals surface area contributed by atoms with E-state index >= 15 is 0 Å². The summed E-state index contributed by atoms with van der Waals surface area (Å²) in [6, 6.07) is 10.6. The van der Waals surface area contributed by atoms with Gasteiger partial charge in [0.2, 0.25) is 0 Å². The summed E-state index contributed by atoms with van der Waals surface area (Å²) in [6.45, 7) is 9.57. The van der Waals surface area contributed by atoms with Gasteiger partial charge < -0.3 is 4.57 Å². The third-order valence-electron chi connectivity index (χ3n) is 4.76. The lowest BCUT2D eigenvalue weighted by atomic mass is 10.1. The molecule has 1 aromatic carbocycles. The van der Waals surface area contributed by atoms with Crippen molar-refractivity contribution in [1.82, 2.24) is 19.7 Å². The Morgan fingerprint density at radius 2 is 1.93 bits per heavy atom. The molecule has 0 saturated carbocycles. The molecular weight excluding hydrogens is 416 g/mol. The molecule has 0 bridgehead atoms. The summed E-state index contributed by atoms with van der Waals surface area (Å²) < 4.78 is 2.20. The van der Waals surface area contributed by atoms with E-state index in [0.29, 0.717) is 5.92 Å². The Balaban J connectivity index is 1.51. The van der Waals surface area contributed by atoms with Crippen LogP contribution in [-0.4, -0.2) is 19.7 Å². The zero-order chi connectivity index (χ0) is 20.4. The topological polar surface area (TPSA) is 43.6 Å². The molecule has 0 aliphatic rings. The van der Waals surface area contributed by atoms with E-state index in [1.54, 1.807) is 34.4 Å². The normalized spacial score (nSPS) is 11.5. The first-order valence-electron chi connectivity index (χ1n) is 9.72. The van der Waals surface area contributed by atoms with Gasteiger partial charge in [-0.25, -0.2) is 4.98 Å². The summed E-state index contributed by atoms with van der Waals surface area (Å²) in [7, 11) is 0. The molecule has 0 amide bonds. The van der Waals surface area contributed by atoms with Gasteiger partial charge in [-0.3, -0.25) is 0 Å². The molecule has 0 radical (unpaired) electrons. The molecule has 7 heteroatoms. The van der Waals surface area contributed by atoms with Crippen molar-refractivity contribution >= 4 is 34.4 Å². The van der Waals surface area contributed by atoms with Crippen molar-refractivity contribution in [2.24, 2.45) is 0 Å². The van der Waals surface area contributed by atoms with E-state index in [1.807, 2.05) is 0 Å². The molecule has 150 valence electrons. The van der Waals surface area contributed by atoms with Gasteiger partial charge in [0.05, 0.1) is 5.69 Å². The van der Waals surface area contributed by atoms with Gasteiger partial charge in [-0.2, -0.15) is 0 Å². The van der Waals surface area contributed by atoms with Crippen LogP contribution in [0.1, 0.15) is 42.8 Å². The molecule has 4 aromatic rings. The van der Waals surface area contributed by atoms with Gasteiger partial charge in [0.15, 0.2) is 11.0 Å². The monoisotopic (exact) mass is 440 g/mol. The van der Waals surface area contributed by atoms with Crippen molar-refractivity contribution in [3.05, 3.63) is 57.2 Å². The van der Waals surface area contributed by atoms with Gasteiger partial charge in [-0.1, -0.05) is 49.9 Å². The van der Waals surface area contributed by atoms with Gasteiger partial charge in [-0.15, -0.1) is 32.9 Å². The van der Waals surface area contributed by atoms with Gasteiger partial charge in [0, 0.05) is 39.1 Å². The van der Waals surface area contributed by atoms with E-state index in [4.69, 9.17) is 4.98 Å². The summed E-state index contributed by atoms with van der Waals surface area (Å²) in [6.07, 6.45) is 0.